The molecule has 0 spiro atoms. The first-order valence-corrected chi connectivity index (χ1v) is 8.13. The smallest absolute Gasteiger partial charge is 0.0876 e. The van der Waals surface area contributed by atoms with Gasteiger partial charge >= 0.3 is 0 Å². The van der Waals surface area contributed by atoms with Gasteiger partial charge in [0, 0.05) is 13.2 Å². The van der Waals surface area contributed by atoms with E-state index >= 15 is 0 Å². The Morgan fingerprint density at radius 3 is 2.61 bits per heavy atom. The van der Waals surface area contributed by atoms with Crippen molar-refractivity contribution in [2.24, 2.45) is 17.8 Å². The van der Waals surface area contributed by atoms with Gasteiger partial charge in [0.1, 0.15) is 0 Å². The average Bonchev–Trinajstić information content (AvgIpc) is 3.00. The molecule has 0 aromatic rings. The molecule has 0 N–H and O–H groups in total. The van der Waals surface area contributed by atoms with Gasteiger partial charge in [0.25, 0.3) is 0 Å². The Labute approximate surface area is 111 Å². The molecular formula is C16H28O2. The minimum absolute atomic E-state index is 0.645. The lowest BCUT2D eigenvalue weighted by Crippen LogP contribution is -2.22. The highest BCUT2D eigenvalue weighted by Gasteiger charge is 2.62. The van der Waals surface area contributed by atoms with Gasteiger partial charge < -0.3 is 9.47 Å². The van der Waals surface area contributed by atoms with Crippen LogP contribution >= 0.6 is 0 Å². The fourth-order valence-electron chi connectivity index (χ4n) is 4.14. The molecule has 0 aromatic heterocycles. The van der Waals surface area contributed by atoms with Crippen LogP contribution in [0.3, 0.4) is 0 Å². The van der Waals surface area contributed by atoms with Crippen molar-refractivity contribution in [3.63, 3.8) is 0 Å². The molecule has 1 saturated heterocycles. The molecule has 1 heterocycles. The summed E-state index contributed by atoms with van der Waals surface area (Å²) >= 11 is 0. The number of hydrogen-bond donors (Lipinski definition) is 0. The summed E-state index contributed by atoms with van der Waals surface area (Å²) in [6.45, 7) is 4.25. The maximum absolute atomic E-state index is 5.89. The van der Waals surface area contributed by atoms with Crippen molar-refractivity contribution in [2.75, 3.05) is 13.2 Å². The van der Waals surface area contributed by atoms with Gasteiger partial charge in [-0.05, 0) is 37.0 Å². The third-order valence-corrected chi connectivity index (χ3v) is 5.21. The Morgan fingerprint density at radius 1 is 1.00 bits per heavy atom. The molecule has 2 bridgehead atoms. The standard InChI is InChI=1S/C16H28O2/c1-2-3-4-5-6-7-8-17-11-13-9-12-10-14(13)16-15(12)18-16/h12-16H,2-11H2,1H3. The van der Waals surface area contributed by atoms with Gasteiger partial charge in [0.2, 0.25) is 0 Å². The zero-order chi connectivity index (χ0) is 12.4. The van der Waals surface area contributed by atoms with Crippen molar-refractivity contribution in [3.05, 3.63) is 0 Å². The van der Waals surface area contributed by atoms with Crippen molar-refractivity contribution >= 4 is 0 Å². The Morgan fingerprint density at radius 2 is 1.83 bits per heavy atom. The van der Waals surface area contributed by atoms with E-state index in [4.69, 9.17) is 9.47 Å². The summed E-state index contributed by atoms with van der Waals surface area (Å²) in [5, 5.41) is 0. The molecule has 1 aliphatic heterocycles. The van der Waals surface area contributed by atoms with Gasteiger partial charge in [-0.3, -0.25) is 0 Å². The zero-order valence-corrected chi connectivity index (χ0v) is 11.8. The third-order valence-electron chi connectivity index (χ3n) is 5.21. The van der Waals surface area contributed by atoms with Gasteiger partial charge in [0.15, 0.2) is 0 Å². The number of hydrogen-bond acceptors (Lipinski definition) is 2. The minimum atomic E-state index is 0.645. The van der Waals surface area contributed by atoms with E-state index in [0.717, 1.165) is 31.0 Å². The highest BCUT2D eigenvalue weighted by Crippen LogP contribution is 2.58. The Hall–Kier alpha value is -0.0800. The normalized spacial score (nSPS) is 40.2. The van der Waals surface area contributed by atoms with Crippen LogP contribution in [0.1, 0.15) is 58.3 Å². The second-order valence-corrected chi connectivity index (χ2v) is 6.56. The first-order chi connectivity index (χ1) is 8.90. The number of fused-ring (bicyclic) bond motifs is 5. The van der Waals surface area contributed by atoms with Crippen molar-refractivity contribution in [2.45, 2.75) is 70.5 Å². The summed E-state index contributed by atoms with van der Waals surface area (Å²) in [6, 6.07) is 0. The Bertz CT molecular complexity index is 266. The van der Waals surface area contributed by atoms with Crippen LogP contribution in [0.5, 0.6) is 0 Å². The quantitative estimate of drug-likeness (QED) is 0.460. The molecule has 3 fully saturated rings. The number of unbranched alkanes of at least 4 members (excludes halogenated alkanes) is 5. The molecule has 5 unspecified atom stereocenters. The van der Waals surface area contributed by atoms with Crippen LogP contribution in [0.25, 0.3) is 0 Å². The summed E-state index contributed by atoms with van der Waals surface area (Å²) in [4.78, 5) is 0. The molecular weight excluding hydrogens is 224 g/mol. The van der Waals surface area contributed by atoms with Crippen molar-refractivity contribution in [3.8, 4) is 0 Å². The van der Waals surface area contributed by atoms with Crippen molar-refractivity contribution in [1.29, 1.82) is 0 Å². The SMILES string of the molecule is CCCCCCCCOCC1CC2CC1C1OC21. The van der Waals surface area contributed by atoms with Gasteiger partial charge in [-0.15, -0.1) is 0 Å². The van der Waals surface area contributed by atoms with Gasteiger partial charge in [-0.25, -0.2) is 0 Å². The molecule has 0 aromatic carbocycles. The van der Waals surface area contributed by atoms with Crippen LogP contribution in [0.2, 0.25) is 0 Å². The highest BCUT2D eigenvalue weighted by molar-refractivity contribution is 5.10. The van der Waals surface area contributed by atoms with E-state index in [2.05, 4.69) is 6.92 Å². The van der Waals surface area contributed by atoms with Crippen LogP contribution < -0.4 is 0 Å². The largest absolute Gasteiger partial charge is 0.381 e. The summed E-state index contributed by atoms with van der Waals surface area (Å²) in [6.07, 6.45) is 12.3. The molecule has 3 rings (SSSR count). The minimum Gasteiger partial charge on any atom is -0.381 e. The van der Waals surface area contributed by atoms with Crippen LogP contribution in [0.15, 0.2) is 0 Å². The van der Waals surface area contributed by atoms with E-state index in [0.29, 0.717) is 12.2 Å². The average molecular weight is 252 g/mol. The van der Waals surface area contributed by atoms with E-state index in [1.165, 1.54) is 51.4 Å². The number of ether oxygens (including phenoxy) is 2. The van der Waals surface area contributed by atoms with Crippen molar-refractivity contribution in [1.82, 2.24) is 0 Å². The lowest BCUT2D eigenvalue weighted by molar-refractivity contribution is 0.0763. The van der Waals surface area contributed by atoms with Crippen LogP contribution in [-0.4, -0.2) is 25.4 Å². The molecule has 0 radical (unpaired) electrons. The molecule has 18 heavy (non-hydrogen) atoms. The van der Waals surface area contributed by atoms with Gasteiger partial charge in [-0.1, -0.05) is 39.0 Å². The molecule has 2 heteroatoms. The predicted molar refractivity (Wildman–Crippen MR) is 72.6 cm³/mol. The maximum Gasteiger partial charge on any atom is 0.0876 e. The molecule has 104 valence electrons. The zero-order valence-electron chi connectivity index (χ0n) is 11.8. The van der Waals surface area contributed by atoms with E-state index in [9.17, 15) is 0 Å². The maximum atomic E-state index is 5.89. The fraction of sp³-hybridized carbons (Fsp3) is 1.00. The predicted octanol–water partition coefficient (Wildman–Crippen LogP) is 3.79. The first-order valence-electron chi connectivity index (χ1n) is 8.13. The first kappa shape index (κ1) is 12.9. The fourth-order valence-corrected chi connectivity index (χ4v) is 4.14. The molecule has 5 atom stereocenters. The van der Waals surface area contributed by atoms with E-state index in [1.807, 2.05) is 0 Å². The Balaban J connectivity index is 1.19. The Kier molecular flexibility index (Phi) is 4.25. The monoisotopic (exact) mass is 252 g/mol. The topological polar surface area (TPSA) is 21.8 Å². The summed E-state index contributed by atoms with van der Waals surface area (Å²) in [7, 11) is 0. The molecule has 2 aliphatic carbocycles. The highest BCUT2D eigenvalue weighted by atomic mass is 16.6. The number of epoxide rings is 1. The lowest BCUT2D eigenvalue weighted by atomic mass is 9.89. The van der Waals surface area contributed by atoms with Crippen LogP contribution in [-0.2, 0) is 9.47 Å². The van der Waals surface area contributed by atoms with E-state index in [-0.39, 0.29) is 0 Å². The molecule has 2 nitrogen and oxygen atoms in total. The van der Waals surface area contributed by atoms with E-state index in [1.54, 1.807) is 0 Å². The van der Waals surface area contributed by atoms with Crippen molar-refractivity contribution < 1.29 is 9.47 Å². The summed E-state index contributed by atoms with van der Waals surface area (Å²) in [5.74, 6) is 2.56. The lowest BCUT2D eigenvalue weighted by Gasteiger charge is -2.19. The van der Waals surface area contributed by atoms with Crippen LogP contribution in [0, 0.1) is 17.8 Å². The molecule has 0 amide bonds. The molecule has 3 aliphatic rings. The van der Waals surface area contributed by atoms with Gasteiger partial charge in [0.05, 0.1) is 12.2 Å². The summed E-state index contributed by atoms with van der Waals surface area (Å²) < 4.78 is 11.6. The summed E-state index contributed by atoms with van der Waals surface area (Å²) in [5.41, 5.74) is 0. The van der Waals surface area contributed by atoms with E-state index < -0.39 is 0 Å². The number of rotatable bonds is 9. The molecule has 2 saturated carbocycles. The second kappa shape index (κ2) is 5.92. The second-order valence-electron chi connectivity index (χ2n) is 6.56. The van der Waals surface area contributed by atoms with Gasteiger partial charge in [-0.2, -0.15) is 0 Å². The third kappa shape index (κ3) is 2.75. The van der Waals surface area contributed by atoms with Crippen LogP contribution in [0.4, 0.5) is 0 Å².